The number of nitrogens with zero attached hydrogens (tertiary/aromatic N) is 1. The Balaban J connectivity index is 1.74. The monoisotopic (exact) mass is 511 g/mol. The maximum atomic E-state index is 12.3. The first kappa shape index (κ1) is 19.4. The molecule has 134 valence electrons. The van der Waals surface area contributed by atoms with E-state index in [-0.39, 0.29) is 11.7 Å². The van der Waals surface area contributed by atoms with Gasteiger partial charge in [0, 0.05) is 20.2 Å². The molecule has 1 heterocycles. The minimum absolute atomic E-state index is 0.0582. The first-order valence-electron chi connectivity index (χ1n) is 7.64. The zero-order chi connectivity index (χ0) is 18.7. The normalized spacial score (nSPS) is 10.7. The van der Waals surface area contributed by atoms with Crippen LogP contribution >= 0.6 is 55.0 Å². The molecule has 8 heteroatoms. The summed E-state index contributed by atoms with van der Waals surface area (Å²) in [5, 5.41) is 3.43. The van der Waals surface area contributed by atoms with Gasteiger partial charge in [0.1, 0.15) is 0 Å². The lowest BCUT2D eigenvalue weighted by Crippen LogP contribution is -2.14. The van der Waals surface area contributed by atoms with Crippen LogP contribution in [0.15, 0.2) is 55.6 Å². The molecular formula is C18H15Br2N3OS2. The first-order valence-corrected chi connectivity index (χ1v) is 11.0. The molecule has 0 saturated carbocycles. The average molecular weight is 513 g/mol. The van der Waals surface area contributed by atoms with Crippen molar-refractivity contribution in [1.82, 2.24) is 4.98 Å². The van der Waals surface area contributed by atoms with Gasteiger partial charge in [-0.3, -0.25) is 4.79 Å². The predicted molar refractivity (Wildman–Crippen MR) is 118 cm³/mol. The van der Waals surface area contributed by atoms with E-state index in [1.807, 2.05) is 49.4 Å². The SMILES string of the molecule is Cc1ccccc1NC(=O)CSc1sc(N)nc1-c1ccc(Br)cc1Br. The molecule has 0 aliphatic carbocycles. The van der Waals surface area contributed by atoms with Crippen LogP contribution in [0.25, 0.3) is 11.3 Å². The van der Waals surface area contributed by atoms with Crippen molar-refractivity contribution in [1.29, 1.82) is 0 Å². The fourth-order valence-electron chi connectivity index (χ4n) is 2.30. The zero-order valence-electron chi connectivity index (χ0n) is 13.8. The van der Waals surface area contributed by atoms with Crippen molar-refractivity contribution in [2.45, 2.75) is 11.1 Å². The molecule has 3 aromatic rings. The molecule has 0 aliphatic rings. The number of aromatic nitrogens is 1. The Hall–Kier alpha value is -1.35. The van der Waals surface area contributed by atoms with Crippen LogP contribution in [0.3, 0.4) is 0 Å². The number of para-hydroxylation sites is 1. The summed E-state index contributed by atoms with van der Waals surface area (Å²) in [6, 6.07) is 13.6. The number of carbonyl (C=O) groups excluding carboxylic acids is 1. The standard InChI is InChI=1S/C18H15Br2N3OS2/c1-10-4-2-3-5-14(10)22-15(24)9-25-17-16(23-18(21)26-17)12-7-6-11(19)8-13(12)20/h2-8H,9H2,1H3,(H2,21,23)(H,22,24). The van der Waals surface area contributed by atoms with Gasteiger partial charge in [-0.05, 0) is 30.7 Å². The number of carbonyl (C=O) groups is 1. The summed E-state index contributed by atoms with van der Waals surface area (Å²) in [5.41, 5.74) is 9.52. The average Bonchev–Trinajstić information content (AvgIpc) is 2.95. The van der Waals surface area contributed by atoms with Crippen LogP contribution in [0.1, 0.15) is 5.56 Å². The van der Waals surface area contributed by atoms with Gasteiger partial charge < -0.3 is 11.1 Å². The smallest absolute Gasteiger partial charge is 0.234 e. The second kappa shape index (κ2) is 8.56. The molecule has 0 fully saturated rings. The summed E-state index contributed by atoms with van der Waals surface area (Å²) in [6.07, 6.45) is 0. The molecule has 3 N–H and O–H groups in total. The van der Waals surface area contributed by atoms with Gasteiger partial charge in [-0.2, -0.15) is 0 Å². The number of rotatable bonds is 5. The minimum atomic E-state index is -0.0582. The quantitative estimate of drug-likeness (QED) is 0.414. The van der Waals surface area contributed by atoms with Gasteiger partial charge >= 0.3 is 0 Å². The number of hydrogen-bond acceptors (Lipinski definition) is 5. The lowest BCUT2D eigenvalue weighted by atomic mass is 10.2. The van der Waals surface area contributed by atoms with Crippen LogP contribution in [0.4, 0.5) is 10.8 Å². The van der Waals surface area contributed by atoms with Crippen LogP contribution in [-0.2, 0) is 4.79 Å². The summed E-state index contributed by atoms with van der Waals surface area (Å²) in [7, 11) is 0. The number of amides is 1. The minimum Gasteiger partial charge on any atom is -0.375 e. The van der Waals surface area contributed by atoms with Crippen molar-refractivity contribution in [3.63, 3.8) is 0 Å². The zero-order valence-corrected chi connectivity index (χ0v) is 18.6. The Morgan fingerprint density at radius 1 is 1.27 bits per heavy atom. The predicted octanol–water partition coefficient (Wildman–Crippen LogP) is 5.96. The molecule has 0 aliphatic heterocycles. The van der Waals surface area contributed by atoms with Gasteiger partial charge in [0.05, 0.1) is 15.7 Å². The van der Waals surface area contributed by atoms with E-state index in [2.05, 4.69) is 42.2 Å². The van der Waals surface area contributed by atoms with E-state index in [4.69, 9.17) is 5.73 Å². The third-order valence-corrected chi connectivity index (χ3v) is 6.85. The largest absolute Gasteiger partial charge is 0.375 e. The van der Waals surface area contributed by atoms with E-state index in [1.54, 1.807) is 0 Å². The van der Waals surface area contributed by atoms with Gasteiger partial charge in [-0.15, -0.1) is 11.8 Å². The Kier molecular flexibility index (Phi) is 6.39. The number of thioether (sulfide) groups is 1. The molecular weight excluding hydrogens is 498 g/mol. The molecule has 0 bridgehead atoms. The van der Waals surface area contributed by atoms with E-state index in [9.17, 15) is 4.79 Å². The third kappa shape index (κ3) is 4.68. The number of halogens is 2. The molecule has 0 atom stereocenters. The van der Waals surface area contributed by atoms with E-state index < -0.39 is 0 Å². The molecule has 0 saturated heterocycles. The molecule has 0 spiro atoms. The molecule has 0 radical (unpaired) electrons. The highest BCUT2D eigenvalue weighted by molar-refractivity contribution is 9.11. The Bertz CT molecular complexity index is 959. The highest BCUT2D eigenvalue weighted by Gasteiger charge is 2.16. The van der Waals surface area contributed by atoms with E-state index in [0.717, 1.165) is 35.7 Å². The highest BCUT2D eigenvalue weighted by Crippen LogP contribution is 2.40. The molecule has 4 nitrogen and oxygen atoms in total. The summed E-state index contributed by atoms with van der Waals surface area (Å²) in [5.74, 6) is 0.231. The lowest BCUT2D eigenvalue weighted by molar-refractivity contribution is -0.113. The molecule has 1 amide bonds. The summed E-state index contributed by atoms with van der Waals surface area (Å²) >= 11 is 9.84. The number of anilines is 2. The molecule has 0 unspecified atom stereocenters. The summed E-state index contributed by atoms with van der Waals surface area (Å²) in [6.45, 7) is 1.97. The van der Waals surface area contributed by atoms with Gasteiger partial charge in [0.25, 0.3) is 0 Å². The van der Waals surface area contributed by atoms with Crippen molar-refractivity contribution in [3.8, 4) is 11.3 Å². The summed E-state index contributed by atoms with van der Waals surface area (Å²) in [4.78, 5) is 16.8. The topological polar surface area (TPSA) is 68.0 Å². The molecule has 2 aromatic carbocycles. The first-order chi connectivity index (χ1) is 12.4. The number of nitrogens with two attached hydrogens (primary N) is 1. The number of hydrogen-bond donors (Lipinski definition) is 2. The fraction of sp³-hybridized carbons (Fsp3) is 0.111. The fourth-order valence-corrected chi connectivity index (χ4v) is 5.41. The van der Waals surface area contributed by atoms with Crippen molar-refractivity contribution in [3.05, 3.63) is 57.0 Å². The number of nitrogen functional groups attached to an aromatic ring is 1. The van der Waals surface area contributed by atoms with Gasteiger partial charge in [0.15, 0.2) is 5.13 Å². The molecule has 26 heavy (non-hydrogen) atoms. The van der Waals surface area contributed by atoms with Crippen molar-refractivity contribution in [2.75, 3.05) is 16.8 Å². The molecule has 3 rings (SSSR count). The number of aryl methyl sites for hydroxylation is 1. The van der Waals surface area contributed by atoms with E-state index >= 15 is 0 Å². The third-order valence-electron chi connectivity index (χ3n) is 3.55. The van der Waals surface area contributed by atoms with Crippen molar-refractivity contribution >= 4 is 71.7 Å². The van der Waals surface area contributed by atoms with Crippen molar-refractivity contribution < 1.29 is 4.79 Å². The van der Waals surface area contributed by atoms with Crippen LogP contribution in [0.2, 0.25) is 0 Å². The van der Waals surface area contributed by atoms with Crippen molar-refractivity contribution in [2.24, 2.45) is 0 Å². The Morgan fingerprint density at radius 3 is 2.77 bits per heavy atom. The maximum absolute atomic E-state index is 12.3. The maximum Gasteiger partial charge on any atom is 0.234 e. The second-order valence-electron chi connectivity index (χ2n) is 5.46. The van der Waals surface area contributed by atoms with E-state index in [0.29, 0.717) is 5.13 Å². The van der Waals surface area contributed by atoms with Gasteiger partial charge in [-0.25, -0.2) is 4.98 Å². The Labute approximate surface area is 176 Å². The van der Waals surface area contributed by atoms with E-state index in [1.165, 1.54) is 23.1 Å². The number of nitrogens with one attached hydrogen (secondary N) is 1. The number of benzene rings is 2. The number of thiazole rings is 1. The lowest BCUT2D eigenvalue weighted by Gasteiger charge is -2.08. The van der Waals surface area contributed by atoms with Crippen LogP contribution in [-0.4, -0.2) is 16.6 Å². The van der Waals surface area contributed by atoms with Gasteiger partial charge in [0.2, 0.25) is 5.91 Å². The second-order valence-corrected chi connectivity index (χ2v) is 9.51. The van der Waals surface area contributed by atoms with Crippen LogP contribution < -0.4 is 11.1 Å². The van der Waals surface area contributed by atoms with Crippen LogP contribution in [0, 0.1) is 6.92 Å². The highest BCUT2D eigenvalue weighted by atomic mass is 79.9. The Morgan fingerprint density at radius 2 is 2.04 bits per heavy atom. The molecule has 1 aromatic heterocycles. The summed E-state index contributed by atoms with van der Waals surface area (Å²) < 4.78 is 2.82. The van der Waals surface area contributed by atoms with Crippen LogP contribution in [0.5, 0.6) is 0 Å². The van der Waals surface area contributed by atoms with Gasteiger partial charge in [-0.1, -0.05) is 67.5 Å².